The molecular formula is C23H23N3O4. The Balaban J connectivity index is 1.32. The third-order valence-electron chi connectivity index (χ3n) is 4.92. The van der Waals surface area contributed by atoms with E-state index in [4.69, 9.17) is 9.47 Å². The smallest absolute Gasteiger partial charge is 0.271 e. The van der Waals surface area contributed by atoms with Crippen LogP contribution in [0.4, 0.5) is 0 Å². The van der Waals surface area contributed by atoms with Crippen LogP contribution in [0.1, 0.15) is 16.1 Å². The molecule has 0 saturated heterocycles. The maximum absolute atomic E-state index is 12.5. The summed E-state index contributed by atoms with van der Waals surface area (Å²) in [6.45, 7) is 1.56. The van der Waals surface area contributed by atoms with Crippen LogP contribution in [-0.2, 0) is 13.0 Å². The molecule has 1 aliphatic rings. The lowest BCUT2D eigenvalue weighted by Gasteiger charge is -2.25. The van der Waals surface area contributed by atoms with E-state index in [9.17, 15) is 9.59 Å². The summed E-state index contributed by atoms with van der Waals surface area (Å²) in [4.78, 5) is 24.6. The van der Waals surface area contributed by atoms with Crippen LogP contribution in [-0.4, -0.2) is 35.4 Å². The fourth-order valence-electron chi connectivity index (χ4n) is 3.35. The lowest BCUT2D eigenvalue weighted by molar-refractivity contribution is 0.0931. The molecule has 1 aromatic heterocycles. The Morgan fingerprint density at radius 1 is 1.10 bits per heavy atom. The third kappa shape index (κ3) is 4.86. The molecule has 2 heterocycles. The first-order valence-corrected chi connectivity index (χ1v) is 9.94. The zero-order chi connectivity index (χ0) is 20.8. The second-order valence-corrected chi connectivity index (χ2v) is 7.14. The number of benzene rings is 2. The van der Waals surface area contributed by atoms with Crippen LogP contribution in [0.15, 0.2) is 71.5 Å². The molecule has 3 aromatic rings. The molecule has 30 heavy (non-hydrogen) atoms. The summed E-state index contributed by atoms with van der Waals surface area (Å²) in [6.07, 6.45) is 0.847. The van der Waals surface area contributed by atoms with Crippen molar-refractivity contribution < 1.29 is 14.3 Å². The molecule has 4 rings (SSSR count). The molecule has 0 fully saturated rings. The van der Waals surface area contributed by atoms with Crippen LogP contribution in [0, 0.1) is 5.92 Å². The minimum atomic E-state index is -0.313. The van der Waals surface area contributed by atoms with E-state index in [2.05, 4.69) is 10.4 Å². The summed E-state index contributed by atoms with van der Waals surface area (Å²) in [6, 6.07) is 20.1. The Hall–Kier alpha value is -3.61. The van der Waals surface area contributed by atoms with E-state index in [1.807, 2.05) is 54.6 Å². The number of hydrogen-bond donors (Lipinski definition) is 1. The largest absolute Gasteiger partial charge is 0.493 e. The monoisotopic (exact) mass is 405 g/mol. The normalized spacial score (nSPS) is 15.0. The fourth-order valence-corrected chi connectivity index (χ4v) is 3.35. The number of carbonyl (C=O) groups excluding carboxylic acids is 1. The summed E-state index contributed by atoms with van der Waals surface area (Å²) in [7, 11) is 0. The number of para-hydroxylation sites is 2. The molecular weight excluding hydrogens is 382 g/mol. The molecule has 0 spiro atoms. The zero-order valence-electron chi connectivity index (χ0n) is 16.5. The molecule has 1 atom stereocenters. The molecule has 0 radical (unpaired) electrons. The summed E-state index contributed by atoms with van der Waals surface area (Å²) in [5, 5.41) is 7.08. The van der Waals surface area contributed by atoms with Crippen molar-refractivity contribution in [2.75, 3.05) is 19.8 Å². The Morgan fingerprint density at radius 2 is 1.90 bits per heavy atom. The van der Waals surface area contributed by atoms with E-state index in [1.165, 1.54) is 16.8 Å². The van der Waals surface area contributed by atoms with Crippen LogP contribution in [0.25, 0.3) is 0 Å². The lowest BCUT2D eigenvalue weighted by Crippen LogP contribution is -2.36. The molecule has 0 saturated carbocycles. The average Bonchev–Trinajstić information content (AvgIpc) is 2.79. The molecule has 0 bridgehead atoms. The third-order valence-corrected chi connectivity index (χ3v) is 4.92. The van der Waals surface area contributed by atoms with Gasteiger partial charge in [-0.15, -0.1) is 0 Å². The quantitative estimate of drug-likeness (QED) is 0.652. The predicted molar refractivity (Wildman–Crippen MR) is 112 cm³/mol. The van der Waals surface area contributed by atoms with Crippen molar-refractivity contribution in [3.05, 3.63) is 88.3 Å². The van der Waals surface area contributed by atoms with Gasteiger partial charge in [0.05, 0.1) is 13.2 Å². The van der Waals surface area contributed by atoms with Crippen molar-refractivity contribution in [3.8, 4) is 11.5 Å². The highest BCUT2D eigenvalue weighted by Crippen LogP contribution is 2.26. The molecule has 2 aromatic carbocycles. The summed E-state index contributed by atoms with van der Waals surface area (Å²) < 4.78 is 12.6. The van der Waals surface area contributed by atoms with Crippen molar-refractivity contribution in [1.29, 1.82) is 0 Å². The van der Waals surface area contributed by atoms with Gasteiger partial charge in [0, 0.05) is 18.5 Å². The number of amides is 1. The van der Waals surface area contributed by atoms with E-state index in [0.29, 0.717) is 13.2 Å². The minimum absolute atomic E-state index is 0.189. The first kappa shape index (κ1) is 19.7. The van der Waals surface area contributed by atoms with E-state index >= 15 is 0 Å². The maximum atomic E-state index is 12.5. The van der Waals surface area contributed by atoms with Gasteiger partial charge in [0.25, 0.3) is 11.5 Å². The first-order valence-electron chi connectivity index (χ1n) is 9.94. The van der Waals surface area contributed by atoms with Crippen LogP contribution in [0.3, 0.4) is 0 Å². The molecule has 0 aliphatic carbocycles. The second kappa shape index (κ2) is 9.26. The first-order chi connectivity index (χ1) is 14.7. The molecule has 7 nitrogen and oxygen atoms in total. The van der Waals surface area contributed by atoms with Gasteiger partial charge in [-0.25, -0.2) is 4.68 Å². The van der Waals surface area contributed by atoms with Gasteiger partial charge in [-0.1, -0.05) is 36.4 Å². The molecule has 154 valence electrons. The Morgan fingerprint density at radius 3 is 2.77 bits per heavy atom. The van der Waals surface area contributed by atoms with E-state index in [1.54, 1.807) is 0 Å². The van der Waals surface area contributed by atoms with Crippen molar-refractivity contribution >= 4 is 5.91 Å². The minimum Gasteiger partial charge on any atom is -0.493 e. The van der Waals surface area contributed by atoms with Crippen molar-refractivity contribution in [3.63, 3.8) is 0 Å². The summed E-state index contributed by atoms with van der Waals surface area (Å²) >= 11 is 0. The fraction of sp³-hybridized carbons (Fsp3) is 0.261. The zero-order valence-corrected chi connectivity index (χ0v) is 16.5. The number of hydrogen-bond acceptors (Lipinski definition) is 5. The molecule has 1 unspecified atom stereocenters. The Labute approximate surface area is 174 Å². The molecule has 1 amide bonds. The number of nitrogens with zero attached hydrogens (tertiary/aromatic N) is 2. The van der Waals surface area contributed by atoms with Crippen molar-refractivity contribution in [1.82, 2.24) is 15.1 Å². The van der Waals surface area contributed by atoms with Gasteiger partial charge in [0.1, 0.15) is 23.8 Å². The predicted octanol–water partition coefficient (Wildman–Crippen LogP) is 2.30. The van der Waals surface area contributed by atoms with Gasteiger partial charge in [0.15, 0.2) is 0 Å². The summed E-state index contributed by atoms with van der Waals surface area (Å²) in [5.41, 5.74) is 1.07. The van der Waals surface area contributed by atoms with Crippen LogP contribution in [0.2, 0.25) is 0 Å². The van der Waals surface area contributed by atoms with E-state index < -0.39 is 0 Å². The number of aromatic nitrogens is 2. The number of rotatable bonds is 7. The summed E-state index contributed by atoms with van der Waals surface area (Å²) in [5.74, 6) is 1.50. The second-order valence-electron chi connectivity index (χ2n) is 7.14. The lowest BCUT2D eigenvalue weighted by atomic mass is 9.97. The van der Waals surface area contributed by atoms with Gasteiger partial charge in [-0.3, -0.25) is 9.59 Å². The number of carbonyl (C=O) groups is 1. The number of fused-ring (bicyclic) bond motifs is 1. The number of nitrogens with one attached hydrogen (secondary N) is 1. The molecule has 7 heteroatoms. The average molecular weight is 405 g/mol. The van der Waals surface area contributed by atoms with Gasteiger partial charge in [-0.05, 0) is 36.2 Å². The molecule has 1 N–H and O–H groups in total. The van der Waals surface area contributed by atoms with Gasteiger partial charge in [0.2, 0.25) is 0 Å². The highest BCUT2D eigenvalue weighted by Gasteiger charge is 2.20. The standard InChI is InChI=1S/C23H23N3O4/c27-22-11-10-20(25-26(22)12-13-29-19-7-2-1-3-8-19)23(28)24-15-17-14-18-6-4-5-9-21(18)30-16-17/h1-11,17H,12-16H2,(H,24,28). The number of ether oxygens (including phenoxy) is 2. The van der Waals surface area contributed by atoms with Crippen LogP contribution < -0.4 is 20.3 Å². The molecule has 1 aliphatic heterocycles. The van der Waals surface area contributed by atoms with Crippen LogP contribution in [0.5, 0.6) is 11.5 Å². The van der Waals surface area contributed by atoms with Gasteiger partial charge < -0.3 is 14.8 Å². The highest BCUT2D eigenvalue weighted by molar-refractivity contribution is 5.91. The highest BCUT2D eigenvalue weighted by atomic mass is 16.5. The van der Waals surface area contributed by atoms with Crippen molar-refractivity contribution in [2.45, 2.75) is 13.0 Å². The Kier molecular flexibility index (Phi) is 6.08. The van der Waals surface area contributed by atoms with Crippen LogP contribution >= 0.6 is 0 Å². The van der Waals surface area contributed by atoms with Crippen molar-refractivity contribution in [2.24, 2.45) is 5.92 Å². The van der Waals surface area contributed by atoms with Gasteiger partial charge in [-0.2, -0.15) is 5.10 Å². The van der Waals surface area contributed by atoms with E-state index in [-0.39, 0.29) is 36.2 Å². The SMILES string of the molecule is O=C(NCC1COc2ccccc2C1)c1ccc(=O)n(CCOc2ccccc2)n1. The topological polar surface area (TPSA) is 82.5 Å². The Bertz CT molecular complexity index is 1070. The van der Waals surface area contributed by atoms with E-state index in [0.717, 1.165) is 23.5 Å². The maximum Gasteiger partial charge on any atom is 0.271 e. The van der Waals surface area contributed by atoms with Gasteiger partial charge >= 0.3 is 0 Å².